The van der Waals surface area contributed by atoms with Crippen LogP contribution >= 0.6 is 0 Å². The standard InChI is InChI=1S/C16H23NO/c1-4-13(10-14-8-6-5-7-9-14)11-15(18)16(17)12(2)3/h4-9,12-13,16H,1,10-11,17H2,2-3H3. The summed E-state index contributed by atoms with van der Waals surface area (Å²) >= 11 is 0. The maximum Gasteiger partial charge on any atom is 0.150 e. The average molecular weight is 245 g/mol. The molecule has 0 saturated heterocycles. The van der Waals surface area contributed by atoms with Gasteiger partial charge in [0.25, 0.3) is 0 Å². The first-order chi connectivity index (χ1) is 8.54. The van der Waals surface area contributed by atoms with Crippen LogP contribution in [0.5, 0.6) is 0 Å². The lowest BCUT2D eigenvalue weighted by molar-refractivity contribution is -0.121. The number of benzene rings is 1. The van der Waals surface area contributed by atoms with Crippen molar-refractivity contribution in [3.05, 3.63) is 48.6 Å². The predicted molar refractivity (Wildman–Crippen MR) is 76.3 cm³/mol. The third-order valence-electron chi connectivity index (χ3n) is 3.23. The number of rotatable bonds is 7. The Morgan fingerprint density at radius 3 is 2.44 bits per heavy atom. The average Bonchev–Trinajstić information content (AvgIpc) is 2.37. The Morgan fingerprint density at radius 1 is 1.33 bits per heavy atom. The molecule has 0 aliphatic heterocycles. The van der Waals surface area contributed by atoms with Gasteiger partial charge < -0.3 is 5.73 Å². The minimum Gasteiger partial charge on any atom is -0.321 e. The number of hydrogen-bond acceptors (Lipinski definition) is 2. The second-order valence-electron chi connectivity index (χ2n) is 5.13. The maximum atomic E-state index is 12.0. The third-order valence-corrected chi connectivity index (χ3v) is 3.23. The van der Waals surface area contributed by atoms with E-state index in [0.29, 0.717) is 6.42 Å². The van der Waals surface area contributed by atoms with Gasteiger partial charge in [0.15, 0.2) is 0 Å². The van der Waals surface area contributed by atoms with E-state index in [9.17, 15) is 4.79 Å². The van der Waals surface area contributed by atoms with Gasteiger partial charge in [-0.1, -0.05) is 50.3 Å². The molecule has 2 atom stereocenters. The van der Waals surface area contributed by atoms with E-state index in [1.54, 1.807) is 0 Å². The molecule has 2 unspecified atom stereocenters. The molecule has 0 heterocycles. The first-order valence-electron chi connectivity index (χ1n) is 6.49. The Balaban J connectivity index is 2.58. The summed E-state index contributed by atoms with van der Waals surface area (Å²) in [6.07, 6.45) is 3.19. The Bertz CT molecular complexity index is 383. The smallest absolute Gasteiger partial charge is 0.150 e. The van der Waals surface area contributed by atoms with E-state index in [2.05, 4.69) is 18.7 Å². The van der Waals surface area contributed by atoms with E-state index in [1.165, 1.54) is 5.56 Å². The molecule has 0 amide bonds. The Morgan fingerprint density at radius 2 is 1.94 bits per heavy atom. The molecule has 0 radical (unpaired) electrons. The molecule has 1 aromatic carbocycles. The molecule has 0 aliphatic rings. The third kappa shape index (κ3) is 4.46. The number of nitrogens with two attached hydrogens (primary N) is 1. The molecule has 0 fully saturated rings. The molecule has 2 heteroatoms. The van der Waals surface area contributed by atoms with Gasteiger partial charge >= 0.3 is 0 Å². The summed E-state index contributed by atoms with van der Waals surface area (Å²) in [6.45, 7) is 7.77. The van der Waals surface area contributed by atoms with Gasteiger partial charge in [-0.3, -0.25) is 4.79 Å². The van der Waals surface area contributed by atoms with E-state index >= 15 is 0 Å². The van der Waals surface area contributed by atoms with Crippen LogP contribution in [-0.2, 0) is 11.2 Å². The highest BCUT2D eigenvalue weighted by atomic mass is 16.1. The van der Waals surface area contributed by atoms with Crippen molar-refractivity contribution in [2.24, 2.45) is 17.6 Å². The summed E-state index contributed by atoms with van der Waals surface area (Å²) in [6, 6.07) is 9.80. The van der Waals surface area contributed by atoms with Gasteiger partial charge in [0.05, 0.1) is 6.04 Å². The topological polar surface area (TPSA) is 43.1 Å². The van der Waals surface area contributed by atoms with Crippen LogP contribution in [0.4, 0.5) is 0 Å². The van der Waals surface area contributed by atoms with E-state index in [4.69, 9.17) is 5.73 Å². The van der Waals surface area contributed by atoms with Crippen molar-refractivity contribution >= 4 is 5.78 Å². The molecule has 0 spiro atoms. The second-order valence-corrected chi connectivity index (χ2v) is 5.13. The molecular formula is C16H23NO. The summed E-state index contributed by atoms with van der Waals surface area (Å²) in [7, 11) is 0. The number of Topliss-reactive ketones (excluding diaryl/α,β-unsaturated/α-hetero) is 1. The molecule has 0 bridgehead atoms. The zero-order valence-electron chi connectivity index (χ0n) is 11.3. The van der Waals surface area contributed by atoms with Crippen LogP contribution < -0.4 is 5.73 Å². The Kier molecular flexibility index (Phi) is 5.79. The SMILES string of the molecule is C=CC(CC(=O)C(N)C(C)C)Cc1ccccc1. The van der Waals surface area contributed by atoms with Gasteiger partial charge in [0.2, 0.25) is 0 Å². The number of hydrogen-bond donors (Lipinski definition) is 1. The van der Waals surface area contributed by atoms with Crippen molar-refractivity contribution in [3.8, 4) is 0 Å². The molecule has 2 nitrogen and oxygen atoms in total. The normalized spacial score (nSPS) is 14.2. The number of carbonyl (C=O) groups is 1. The lowest BCUT2D eigenvalue weighted by atomic mass is 9.89. The first kappa shape index (κ1) is 14.7. The van der Waals surface area contributed by atoms with Crippen LogP contribution in [0.2, 0.25) is 0 Å². The van der Waals surface area contributed by atoms with Crippen molar-refractivity contribution < 1.29 is 4.79 Å². The van der Waals surface area contributed by atoms with Crippen LogP contribution in [0.1, 0.15) is 25.8 Å². The van der Waals surface area contributed by atoms with Crippen LogP contribution in [-0.4, -0.2) is 11.8 Å². The lowest BCUT2D eigenvalue weighted by Crippen LogP contribution is -2.36. The van der Waals surface area contributed by atoms with E-state index in [0.717, 1.165) is 6.42 Å². The zero-order valence-corrected chi connectivity index (χ0v) is 11.3. The number of ketones is 1. The van der Waals surface area contributed by atoms with E-state index in [1.807, 2.05) is 38.1 Å². The second kappa shape index (κ2) is 7.12. The molecule has 0 aliphatic carbocycles. The van der Waals surface area contributed by atoms with Gasteiger partial charge in [0.1, 0.15) is 5.78 Å². The van der Waals surface area contributed by atoms with Crippen LogP contribution in [0.25, 0.3) is 0 Å². The first-order valence-corrected chi connectivity index (χ1v) is 6.49. The summed E-state index contributed by atoms with van der Waals surface area (Å²) in [5.74, 6) is 0.496. The molecule has 0 aromatic heterocycles. The lowest BCUT2D eigenvalue weighted by Gasteiger charge is -2.18. The van der Waals surface area contributed by atoms with Crippen molar-refractivity contribution in [3.63, 3.8) is 0 Å². The molecule has 1 rings (SSSR count). The predicted octanol–water partition coefficient (Wildman–Crippen LogP) is 2.97. The van der Waals surface area contributed by atoms with E-state index < -0.39 is 0 Å². The summed E-state index contributed by atoms with van der Waals surface area (Å²) in [5.41, 5.74) is 7.10. The summed E-state index contributed by atoms with van der Waals surface area (Å²) in [5, 5.41) is 0. The van der Waals surface area contributed by atoms with Crippen molar-refractivity contribution in [2.75, 3.05) is 0 Å². The molecular weight excluding hydrogens is 222 g/mol. The van der Waals surface area contributed by atoms with E-state index in [-0.39, 0.29) is 23.7 Å². The highest BCUT2D eigenvalue weighted by Gasteiger charge is 2.20. The summed E-state index contributed by atoms with van der Waals surface area (Å²) < 4.78 is 0. The monoisotopic (exact) mass is 245 g/mol. The molecule has 98 valence electrons. The maximum absolute atomic E-state index is 12.0. The fourth-order valence-corrected chi connectivity index (χ4v) is 1.92. The summed E-state index contributed by atoms with van der Waals surface area (Å²) in [4.78, 5) is 12.0. The van der Waals surface area contributed by atoms with Gasteiger partial charge in [-0.25, -0.2) is 0 Å². The minimum atomic E-state index is -0.358. The van der Waals surface area contributed by atoms with Crippen LogP contribution in [0, 0.1) is 11.8 Å². The van der Waals surface area contributed by atoms with Gasteiger partial charge in [-0.05, 0) is 23.8 Å². The molecule has 0 saturated carbocycles. The van der Waals surface area contributed by atoms with Crippen molar-refractivity contribution in [1.82, 2.24) is 0 Å². The molecule has 18 heavy (non-hydrogen) atoms. The largest absolute Gasteiger partial charge is 0.321 e. The van der Waals surface area contributed by atoms with Crippen molar-refractivity contribution in [1.29, 1.82) is 0 Å². The van der Waals surface area contributed by atoms with Gasteiger partial charge in [-0.2, -0.15) is 0 Å². The highest BCUT2D eigenvalue weighted by molar-refractivity contribution is 5.84. The molecule has 2 N–H and O–H groups in total. The highest BCUT2D eigenvalue weighted by Crippen LogP contribution is 2.16. The fraction of sp³-hybridized carbons (Fsp3) is 0.438. The van der Waals surface area contributed by atoms with Crippen molar-refractivity contribution in [2.45, 2.75) is 32.7 Å². The number of carbonyl (C=O) groups excluding carboxylic acids is 1. The fourth-order valence-electron chi connectivity index (χ4n) is 1.92. The minimum absolute atomic E-state index is 0.130. The Hall–Kier alpha value is -1.41. The zero-order chi connectivity index (χ0) is 13.5. The van der Waals surface area contributed by atoms with Gasteiger partial charge in [-0.15, -0.1) is 6.58 Å². The molecule has 1 aromatic rings. The Labute approximate surface area is 110 Å². The van der Waals surface area contributed by atoms with Crippen LogP contribution in [0.15, 0.2) is 43.0 Å². The quantitative estimate of drug-likeness (QED) is 0.750. The van der Waals surface area contributed by atoms with Crippen LogP contribution in [0.3, 0.4) is 0 Å². The van der Waals surface area contributed by atoms with Gasteiger partial charge in [0, 0.05) is 6.42 Å². The number of allylic oxidation sites excluding steroid dienone is 1.